The highest BCUT2D eigenvalue weighted by Gasteiger charge is 2.32. The van der Waals surface area contributed by atoms with Gasteiger partial charge in [0.15, 0.2) is 0 Å². The van der Waals surface area contributed by atoms with Gasteiger partial charge in [0.1, 0.15) is 5.75 Å². The molecule has 8 heteroatoms. The maximum Gasteiger partial charge on any atom is 0.416 e. The van der Waals surface area contributed by atoms with Gasteiger partial charge in [-0.25, -0.2) is 0 Å². The molecular weight excluding hydrogens is 288 g/mol. The van der Waals surface area contributed by atoms with E-state index in [4.69, 9.17) is 10.5 Å². The molecule has 0 amide bonds. The highest BCUT2D eigenvalue weighted by atomic mass is 19.4. The van der Waals surface area contributed by atoms with Gasteiger partial charge in [-0.05, 0) is 30.2 Å². The Kier molecular flexibility index (Phi) is 4.90. The molecule has 1 aromatic rings. The SMILES string of the molecule is COc1cc([C@@H](N)CCC(F)(F)F)cc(C(F)(F)F)c1. The second kappa shape index (κ2) is 5.90. The van der Waals surface area contributed by atoms with Crippen LogP contribution in [0.4, 0.5) is 26.3 Å². The summed E-state index contributed by atoms with van der Waals surface area (Å²) in [6, 6.07) is 1.56. The summed E-state index contributed by atoms with van der Waals surface area (Å²) in [6.45, 7) is 0. The maximum absolute atomic E-state index is 12.6. The Balaban J connectivity index is 2.99. The summed E-state index contributed by atoms with van der Waals surface area (Å²) >= 11 is 0. The number of alkyl halides is 6. The van der Waals surface area contributed by atoms with E-state index in [0.29, 0.717) is 0 Å². The summed E-state index contributed by atoms with van der Waals surface area (Å²) in [5, 5.41) is 0. The van der Waals surface area contributed by atoms with Gasteiger partial charge in [0.2, 0.25) is 0 Å². The Morgan fingerprint density at radius 2 is 1.70 bits per heavy atom. The van der Waals surface area contributed by atoms with Crippen molar-refractivity contribution in [2.75, 3.05) is 7.11 Å². The first-order valence-electron chi connectivity index (χ1n) is 5.61. The highest BCUT2D eigenvalue weighted by Crippen LogP contribution is 2.35. The Morgan fingerprint density at radius 1 is 1.10 bits per heavy atom. The molecule has 0 aliphatic carbocycles. The Bertz CT molecular complexity index is 454. The van der Waals surface area contributed by atoms with Crippen molar-refractivity contribution in [2.45, 2.75) is 31.2 Å². The molecular formula is C12H13F6NO. The predicted molar refractivity (Wildman–Crippen MR) is 60.2 cm³/mol. The van der Waals surface area contributed by atoms with E-state index in [9.17, 15) is 26.3 Å². The van der Waals surface area contributed by atoms with E-state index in [-0.39, 0.29) is 11.3 Å². The molecule has 0 aromatic heterocycles. The van der Waals surface area contributed by atoms with Crippen molar-refractivity contribution in [3.63, 3.8) is 0 Å². The van der Waals surface area contributed by atoms with Crippen LogP contribution in [0.3, 0.4) is 0 Å². The lowest BCUT2D eigenvalue weighted by molar-refractivity contribution is -0.138. The van der Waals surface area contributed by atoms with Gasteiger partial charge in [-0.1, -0.05) is 0 Å². The number of rotatable bonds is 4. The molecule has 0 spiro atoms. The number of halogens is 6. The average Bonchev–Trinajstić information content (AvgIpc) is 2.33. The average molecular weight is 301 g/mol. The van der Waals surface area contributed by atoms with Crippen molar-refractivity contribution in [1.29, 1.82) is 0 Å². The van der Waals surface area contributed by atoms with E-state index in [1.807, 2.05) is 0 Å². The minimum absolute atomic E-state index is 0.0408. The molecule has 1 aromatic carbocycles. The normalized spacial score (nSPS) is 14.2. The molecule has 2 nitrogen and oxygen atoms in total. The predicted octanol–water partition coefficient (Wildman–Crippen LogP) is 4.06. The van der Waals surface area contributed by atoms with Gasteiger partial charge >= 0.3 is 12.4 Å². The second-order valence-corrected chi connectivity index (χ2v) is 4.25. The highest BCUT2D eigenvalue weighted by molar-refractivity contribution is 5.37. The number of methoxy groups -OCH3 is 1. The van der Waals surface area contributed by atoms with Gasteiger partial charge in [0.05, 0.1) is 12.7 Å². The van der Waals surface area contributed by atoms with Crippen LogP contribution in [0.1, 0.15) is 30.0 Å². The van der Waals surface area contributed by atoms with E-state index in [0.717, 1.165) is 12.1 Å². The number of ether oxygens (including phenoxy) is 1. The molecule has 0 saturated heterocycles. The first-order valence-corrected chi connectivity index (χ1v) is 5.61. The van der Waals surface area contributed by atoms with Crippen LogP contribution in [0.25, 0.3) is 0 Å². The van der Waals surface area contributed by atoms with Crippen molar-refractivity contribution in [1.82, 2.24) is 0 Å². The van der Waals surface area contributed by atoms with Crippen molar-refractivity contribution in [3.8, 4) is 5.75 Å². The fraction of sp³-hybridized carbons (Fsp3) is 0.500. The standard InChI is InChI=1S/C12H13F6NO/c1-20-9-5-7(4-8(6-9)12(16,17)18)10(19)2-3-11(13,14)15/h4-6,10H,2-3,19H2,1H3/t10-/m0/s1. The molecule has 1 atom stereocenters. The van der Waals surface area contributed by atoms with E-state index < -0.39 is 36.8 Å². The monoisotopic (exact) mass is 301 g/mol. The molecule has 1 rings (SSSR count). The lowest BCUT2D eigenvalue weighted by Gasteiger charge is -2.17. The van der Waals surface area contributed by atoms with Crippen LogP contribution in [0.5, 0.6) is 5.75 Å². The smallest absolute Gasteiger partial charge is 0.416 e. The van der Waals surface area contributed by atoms with Crippen LogP contribution in [-0.2, 0) is 6.18 Å². The summed E-state index contributed by atoms with van der Waals surface area (Å²) in [7, 11) is 1.17. The zero-order valence-electron chi connectivity index (χ0n) is 10.5. The van der Waals surface area contributed by atoms with Crippen LogP contribution in [0, 0.1) is 0 Å². The van der Waals surface area contributed by atoms with Crippen molar-refractivity contribution < 1.29 is 31.1 Å². The van der Waals surface area contributed by atoms with Crippen LogP contribution < -0.4 is 10.5 Å². The van der Waals surface area contributed by atoms with E-state index in [2.05, 4.69) is 0 Å². The Labute approximate surface area is 111 Å². The number of hydrogen-bond acceptors (Lipinski definition) is 2. The third kappa shape index (κ3) is 4.92. The Morgan fingerprint density at radius 3 is 2.15 bits per heavy atom. The molecule has 0 radical (unpaired) electrons. The maximum atomic E-state index is 12.6. The second-order valence-electron chi connectivity index (χ2n) is 4.25. The molecule has 0 unspecified atom stereocenters. The lowest BCUT2D eigenvalue weighted by Crippen LogP contribution is -2.17. The summed E-state index contributed by atoms with van der Waals surface area (Å²) < 4.78 is 78.9. The van der Waals surface area contributed by atoms with Crippen molar-refractivity contribution >= 4 is 0 Å². The largest absolute Gasteiger partial charge is 0.497 e. The van der Waals surface area contributed by atoms with Crippen molar-refractivity contribution in [3.05, 3.63) is 29.3 Å². The van der Waals surface area contributed by atoms with Crippen LogP contribution >= 0.6 is 0 Å². The van der Waals surface area contributed by atoms with Crippen molar-refractivity contribution in [2.24, 2.45) is 5.73 Å². The van der Waals surface area contributed by atoms with Crippen LogP contribution in [-0.4, -0.2) is 13.3 Å². The van der Waals surface area contributed by atoms with Gasteiger partial charge in [0, 0.05) is 12.5 Å². The molecule has 0 heterocycles. The van der Waals surface area contributed by atoms with Crippen LogP contribution in [0.2, 0.25) is 0 Å². The first-order chi connectivity index (χ1) is 9.03. The van der Waals surface area contributed by atoms with Gasteiger partial charge < -0.3 is 10.5 Å². The zero-order chi connectivity index (χ0) is 15.6. The number of benzene rings is 1. The zero-order valence-corrected chi connectivity index (χ0v) is 10.5. The van der Waals surface area contributed by atoms with E-state index in [1.54, 1.807) is 0 Å². The molecule has 0 fully saturated rings. The summed E-state index contributed by atoms with van der Waals surface area (Å²) in [6.07, 6.45) is -10.7. The van der Waals surface area contributed by atoms with Crippen LogP contribution in [0.15, 0.2) is 18.2 Å². The van der Waals surface area contributed by atoms with E-state index in [1.165, 1.54) is 13.2 Å². The number of hydrogen-bond donors (Lipinski definition) is 1. The molecule has 0 bridgehead atoms. The molecule has 0 saturated carbocycles. The number of nitrogens with two attached hydrogens (primary N) is 1. The Hall–Kier alpha value is -1.44. The third-order valence-electron chi connectivity index (χ3n) is 2.66. The summed E-state index contributed by atoms with van der Waals surface area (Å²) in [4.78, 5) is 0. The lowest BCUT2D eigenvalue weighted by atomic mass is 10.00. The topological polar surface area (TPSA) is 35.2 Å². The van der Waals surface area contributed by atoms with Gasteiger partial charge in [0.25, 0.3) is 0 Å². The first kappa shape index (κ1) is 16.6. The molecule has 20 heavy (non-hydrogen) atoms. The van der Waals surface area contributed by atoms with Gasteiger partial charge in [-0.3, -0.25) is 0 Å². The molecule has 2 N–H and O–H groups in total. The van der Waals surface area contributed by atoms with Gasteiger partial charge in [-0.15, -0.1) is 0 Å². The van der Waals surface area contributed by atoms with E-state index >= 15 is 0 Å². The molecule has 0 aliphatic heterocycles. The molecule has 0 aliphatic rings. The summed E-state index contributed by atoms with van der Waals surface area (Å²) in [5.41, 5.74) is 4.47. The fourth-order valence-electron chi connectivity index (χ4n) is 1.60. The fourth-order valence-corrected chi connectivity index (χ4v) is 1.60. The minimum Gasteiger partial charge on any atom is -0.497 e. The van der Waals surface area contributed by atoms with Gasteiger partial charge in [-0.2, -0.15) is 26.3 Å². The minimum atomic E-state index is -4.62. The molecule has 114 valence electrons. The third-order valence-corrected chi connectivity index (χ3v) is 2.66. The quantitative estimate of drug-likeness (QED) is 0.851. The summed E-state index contributed by atoms with van der Waals surface area (Å²) in [5.74, 6) is -0.0997.